The van der Waals surface area contributed by atoms with Crippen molar-refractivity contribution in [3.63, 3.8) is 0 Å². The summed E-state index contributed by atoms with van der Waals surface area (Å²) in [7, 11) is 0. The van der Waals surface area contributed by atoms with Gasteiger partial charge in [-0.2, -0.15) is 0 Å². The first-order chi connectivity index (χ1) is 7.43. The molecule has 0 amide bonds. The predicted molar refractivity (Wildman–Crippen MR) is 67.1 cm³/mol. The molecule has 1 aliphatic heterocycles. The third-order valence-electron chi connectivity index (χ3n) is 2.18. The van der Waals surface area contributed by atoms with Crippen molar-refractivity contribution in [2.45, 2.75) is 9.79 Å². The third kappa shape index (κ3) is 1.73. The van der Waals surface area contributed by atoms with E-state index >= 15 is 0 Å². The normalized spacial score (nSPS) is 14.0. The Balaban J connectivity index is 1.91. The SMILES string of the molecule is c1ccc(N2Sc3ccccc3S2)cc1. The van der Waals surface area contributed by atoms with Crippen LogP contribution in [0, 0.1) is 0 Å². The summed E-state index contributed by atoms with van der Waals surface area (Å²) in [4.78, 5) is 2.68. The standard InChI is InChI=1S/C12H9NS2/c1-2-6-10(7-3-1)13-14-11-8-4-5-9-12(11)15-13/h1-9H. The molecule has 1 heterocycles. The van der Waals surface area contributed by atoms with Crippen LogP contribution in [0.25, 0.3) is 0 Å². The van der Waals surface area contributed by atoms with E-state index in [1.54, 1.807) is 23.9 Å². The van der Waals surface area contributed by atoms with E-state index in [0.717, 1.165) is 0 Å². The molecule has 0 radical (unpaired) electrons. The first-order valence-corrected chi connectivity index (χ1v) is 6.28. The van der Waals surface area contributed by atoms with Gasteiger partial charge in [0, 0.05) is 33.7 Å². The van der Waals surface area contributed by atoms with E-state index < -0.39 is 0 Å². The summed E-state index contributed by atoms with van der Waals surface area (Å²) in [6.45, 7) is 0. The Morgan fingerprint density at radius 3 is 1.80 bits per heavy atom. The summed E-state index contributed by atoms with van der Waals surface area (Å²) in [5.74, 6) is 0. The second-order valence-corrected chi connectivity index (χ2v) is 5.43. The highest BCUT2D eigenvalue weighted by molar-refractivity contribution is 8.20. The fraction of sp³-hybridized carbons (Fsp3) is 0. The molecule has 74 valence electrons. The van der Waals surface area contributed by atoms with Crippen LogP contribution in [-0.4, -0.2) is 0 Å². The molecule has 2 aromatic carbocycles. The van der Waals surface area contributed by atoms with Crippen molar-refractivity contribution in [1.82, 2.24) is 0 Å². The molecule has 3 rings (SSSR count). The van der Waals surface area contributed by atoms with Gasteiger partial charge in [0.05, 0.1) is 5.69 Å². The molecule has 0 unspecified atom stereocenters. The minimum atomic E-state index is 1.24. The molecular formula is C12H9NS2. The molecule has 3 heteroatoms. The minimum absolute atomic E-state index is 1.24. The maximum atomic E-state index is 2.24. The number of rotatable bonds is 1. The van der Waals surface area contributed by atoms with E-state index in [9.17, 15) is 0 Å². The van der Waals surface area contributed by atoms with E-state index in [-0.39, 0.29) is 0 Å². The second-order valence-electron chi connectivity index (χ2n) is 3.22. The molecule has 0 bridgehead atoms. The molecule has 0 atom stereocenters. The van der Waals surface area contributed by atoms with Crippen LogP contribution in [0.2, 0.25) is 0 Å². The van der Waals surface area contributed by atoms with Gasteiger partial charge in [-0.15, -0.1) is 0 Å². The molecule has 15 heavy (non-hydrogen) atoms. The van der Waals surface area contributed by atoms with Gasteiger partial charge in [0.2, 0.25) is 0 Å². The first kappa shape index (κ1) is 9.19. The average molecular weight is 231 g/mol. The van der Waals surface area contributed by atoms with Gasteiger partial charge in [-0.3, -0.25) is 0 Å². The number of benzene rings is 2. The van der Waals surface area contributed by atoms with Gasteiger partial charge in [-0.05, 0) is 24.3 Å². The van der Waals surface area contributed by atoms with Crippen LogP contribution in [0.15, 0.2) is 64.4 Å². The van der Waals surface area contributed by atoms with Gasteiger partial charge in [-0.25, -0.2) is 3.71 Å². The number of fused-ring (bicyclic) bond motifs is 1. The van der Waals surface area contributed by atoms with E-state index in [4.69, 9.17) is 0 Å². The lowest BCUT2D eigenvalue weighted by molar-refractivity contribution is 1.27. The van der Waals surface area contributed by atoms with Gasteiger partial charge in [-0.1, -0.05) is 30.3 Å². The van der Waals surface area contributed by atoms with Crippen LogP contribution in [0.4, 0.5) is 5.69 Å². The van der Waals surface area contributed by atoms with Crippen molar-refractivity contribution in [2.24, 2.45) is 0 Å². The fourth-order valence-corrected chi connectivity index (χ4v) is 3.71. The molecule has 0 fully saturated rings. The van der Waals surface area contributed by atoms with Gasteiger partial charge in [0.1, 0.15) is 0 Å². The highest BCUT2D eigenvalue weighted by Gasteiger charge is 2.20. The molecule has 0 aromatic heterocycles. The molecular weight excluding hydrogens is 222 g/mol. The number of para-hydroxylation sites is 1. The Labute approximate surface area is 97.8 Å². The smallest absolute Gasteiger partial charge is 0.0601 e. The van der Waals surface area contributed by atoms with Crippen LogP contribution in [-0.2, 0) is 0 Å². The summed E-state index contributed by atoms with van der Waals surface area (Å²) in [6.07, 6.45) is 0. The molecule has 0 N–H and O–H groups in total. The lowest BCUT2D eigenvalue weighted by Crippen LogP contribution is -1.96. The third-order valence-corrected chi connectivity index (χ3v) is 4.61. The van der Waals surface area contributed by atoms with Crippen molar-refractivity contribution in [1.29, 1.82) is 0 Å². The van der Waals surface area contributed by atoms with Crippen LogP contribution >= 0.6 is 23.9 Å². The van der Waals surface area contributed by atoms with Gasteiger partial charge >= 0.3 is 0 Å². The highest BCUT2D eigenvalue weighted by atomic mass is 32.2. The number of anilines is 1. The Morgan fingerprint density at radius 1 is 0.667 bits per heavy atom. The van der Waals surface area contributed by atoms with Crippen molar-refractivity contribution >= 4 is 29.6 Å². The summed E-state index contributed by atoms with van der Waals surface area (Å²) in [6, 6.07) is 18.9. The average Bonchev–Trinajstić information content (AvgIpc) is 2.74. The molecule has 2 aromatic rings. The summed E-state index contributed by atoms with van der Waals surface area (Å²) < 4.78 is 2.24. The van der Waals surface area contributed by atoms with Gasteiger partial charge in [0.25, 0.3) is 0 Å². The zero-order valence-corrected chi connectivity index (χ0v) is 9.59. The molecule has 0 aliphatic carbocycles. The van der Waals surface area contributed by atoms with Gasteiger partial charge in [0.15, 0.2) is 0 Å². The zero-order chi connectivity index (χ0) is 10.1. The van der Waals surface area contributed by atoms with Crippen LogP contribution < -0.4 is 3.71 Å². The van der Waals surface area contributed by atoms with Crippen molar-refractivity contribution in [3.05, 3.63) is 54.6 Å². The minimum Gasteiger partial charge on any atom is -0.249 e. The Hall–Kier alpha value is -1.06. The van der Waals surface area contributed by atoms with E-state index in [1.165, 1.54) is 15.5 Å². The topological polar surface area (TPSA) is 3.24 Å². The summed E-state index contributed by atoms with van der Waals surface area (Å²) >= 11 is 3.57. The molecule has 0 saturated heterocycles. The lowest BCUT2D eigenvalue weighted by atomic mass is 10.3. The summed E-state index contributed by atoms with van der Waals surface area (Å²) in [5.41, 5.74) is 1.24. The quantitative estimate of drug-likeness (QED) is 0.676. The maximum absolute atomic E-state index is 2.24. The van der Waals surface area contributed by atoms with E-state index in [2.05, 4.69) is 52.2 Å². The maximum Gasteiger partial charge on any atom is 0.0601 e. The van der Waals surface area contributed by atoms with Gasteiger partial charge < -0.3 is 0 Å². The molecule has 0 spiro atoms. The fourth-order valence-electron chi connectivity index (χ4n) is 1.45. The van der Waals surface area contributed by atoms with E-state index in [1.807, 2.05) is 6.07 Å². The van der Waals surface area contributed by atoms with Crippen molar-refractivity contribution in [3.8, 4) is 0 Å². The monoisotopic (exact) mass is 231 g/mol. The largest absolute Gasteiger partial charge is 0.249 e. The van der Waals surface area contributed by atoms with Crippen LogP contribution in [0.5, 0.6) is 0 Å². The Bertz CT molecular complexity index is 445. The molecule has 1 aliphatic rings. The number of hydrogen-bond donors (Lipinski definition) is 0. The predicted octanol–water partition coefficient (Wildman–Crippen LogP) is 4.22. The van der Waals surface area contributed by atoms with E-state index in [0.29, 0.717) is 0 Å². The van der Waals surface area contributed by atoms with Crippen LogP contribution in [0.1, 0.15) is 0 Å². The Morgan fingerprint density at radius 2 is 1.20 bits per heavy atom. The molecule has 1 nitrogen and oxygen atoms in total. The zero-order valence-electron chi connectivity index (χ0n) is 7.96. The van der Waals surface area contributed by atoms with Crippen molar-refractivity contribution in [2.75, 3.05) is 3.71 Å². The number of nitrogens with zero attached hydrogens (tertiary/aromatic N) is 1. The second kappa shape index (κ2) is 3.83. The lowest BCUT2D eigenvalue weighted by Gasteiger charge is -2.13. The summed E-state index contributed by atoms with van der Waals surface area (Å²) in [5, 5.41) is 0. The molecule has 0 saturated carbocycles. The van der Waals surface area contributed by atoms with Crippen molar-refractivity contribution < 1.29 is 0 Å². The number of hydrogen-bond acceptors (Lipinski definition) is 3. The Kier molecular flexibility index (Phi) is 2.35. The highest BCUT2D eigenvalue weighted by Crippen LogP contribution is 2.48. The first-order valence-electron chi connectivity index (χ1n) is 4.74. The van der Waals surface area contributed by atoms with Crippen LogP contribution in [0.3, 0.4) is 0 Å².